The van der Waals surface area contributed by atoms with Gasteiger partial charge in [-0.05, 0) is 75.2 Å². The second-order valence-electron chi connectivity index (χ2n) is 11.2. The van der Waals surface area contributed by atoms with E-state index in [1.807, 2.05) is 68.5 Å². The van der Waals surface area contributed by atoms with Gasteiger partial charge in [0.15, 0.2) is 16.3 Å². The third-order valence-corrected chi connectivity index (χ3v) is 8.99. The number of benzene rings is 3. The van der Waals surface area contributed by atoms with Crippen LogP contribution in [-0.2, 0) is 16.1 Å². The maximum Gasteiger partial charge on any atom is 0.338 e. The normalized spacial score (nSPS) is 14.8. The van der Waals surface area contributed by atoms with E-state index in [1.54, 1.807) is 31.6 Å². The summed E-state index contributed by atoms with van der Waals surface area (Å²) in [5.41, 5.74) is 4.29. The van der Waals surface area contributed by atoms with Crippen molar-refractivity contribution < 1.29 is 19.0 Å². The van der Waals surface area contributed by atoms with Gasteiger partial charge in [0.2, 0.25) is 0 Å². The van der Waals surface area contributed by atoms with Crippen LogP contribution in [0.5, 0.6) is 11.5 Å². The number of para-hydroxylation sites is 1. The van der Waals surface area contributed by atoms with Gasteiger partial charge in [-0.1, -0.05) is 59.3 Å². The zero-order valence-corrected chi connectivity index (χ0v) is 27.8. The van der Waals surface area contributed by atoms with Gasteiger partial charge < -0.3 is 18.8 Å². The van der Waals surface area contributed by atoms with Crippen molar-refractivity contribution in [3.05, 3.63) is 126 Å². The van der Waals surface area contributed by atoms with Crippen molar-refractivity contribution in [1.29, 1.82) is 0 Å². The summed E-state index contributed by atoms with van der Waals surface area (Å²) >= 11 is 7.40. The number of thiazole rings is 1. The van der Waals surface area contributed by atoms with Crippen molar-refractivity contribution in [2.45, 2.75) is 46.4 Å². The number of nitrogens with zero attached hydrogens (tertiary/aromatic N) is 3. The maximum atomic E-state index is 14.3. The molecule has 236 valence electrons. The Morgan fingerprint density at radius 3 is 2.57 bits per heavy atom. The molecular weight excluding hydrogens is 622 g/mol. The van der Waals surface area contributed by atoms with Crippen LogP contribution in [0.1, 0.15) is 50.4 Å². The number of ether oxygens (including phenoxy) is 3. The van der Waals surface area contributed by atoms with Crippen molar-refractivity contribution in [2.24, 2.45) is 4.99 Å². The van der Waals surface area contributed by atoms with Gasteiger partial charge in [-0.3, -0.25) is 9.36 Å². The second kappa shape index (κ2) is 13.0. The van der Waals surface area contributed by atoms with E-state index in [-0.39, 0.29) is 18.3 Å². The number of hydrogen-bond donors (Lipinski definition) is 0. The molecule has 0 unspecified atom stereocenters. The molecule has 1 atom stereocenters. The average Bonchev–Trinajstić information content (AvgIpc) is 3.53. The van der Waals surface area contributed by atoms with Crippen LogP contribution in [0.15, 0.2) is 94.0 Å². The SMILES string of the molecule is CCOC(=O)C1=C(C)N=c2s/c(=C/c3cn(Cc4ccc(Cl)cc4)c4ccccc34)c(=O)n2[C@H]1c1ccc(OC(C)C)c(OC)c1. The second-order valence-corrected chi connectivity index (χ2v) is 12.7. The monoisotopic (exact) mass is 655 g/mol. The predicted octanol–water partition coefficient (Wildman–Crippen LogP) is 6.25. The molecule has 10 heteroatoms. The highest BCUT2D eigenvalue weighted by Crippen LogP contribution is 2.36. The van der Waals surface area contributed by atoms with E-state index in [0.717, 1.165) is 22.0 Å². The molecule has 5 aromatic rings. The van der Waals surface area contributed by atoms with Crippen LogP contribution in [-0.4, -0.2) is 34.9 Å². The molecule has 8 nitrogen and oxygen atoms in total. The molecule has 0 saturated carbocycles. The molecule has 6 rings (SSSR count). The summed E-state index contributed by atoms with van der Waals surface area (Å²) in [7, 11) is 1.56. The largest absolute Gasteiger partial charge is 0.493 e. The van der Waals surface area contributed by atoms with Gasteiger partial charge in [0.05, 0.1) is 41.7 Å². The van der Waals surface area contributed by atoms with E-state index < -0.39 is 12.0 Å². The molecule has 2 aromatic heterocycles. The molecule has 0 bridgehead atoms. The van der Waals surface area contributed by atoms with E-state index in [1.165, 1.54) is 11.3 Å². The van der Waals surface area contributed by atoms with Gasteiger partial charge in [0, 0.05) is 34.2 Å². The lowest BCUT2D eigenvalue weighted by Gasteiger charge is -2.25. The highest BCUT2D eigenvalue weighted by Gasteiger charge is 2.34. The summed E-state index contributed by atoms with van der Waals surface area (Å²) in [6.07, 6.45) is 3.90. The van der Waals surface area contributed by atoms with Gasteiger partial charge in [0.1, 0.15) is 0 Å². The third-order valence-electron chi connectivity index (χ3n) is 7.76. The van der Waals surface area contributed by atoms with Gasteiger partial charge in [-0.2, -0.15) is 0 Å². The summed E-state index contributed by atoms with van der Waals surface area (Å²) in [4.78, 5) is 32.9. The minimum atomic E-state index is -0.773. The summed E-state index contributed by atoms with van der Waals surface area (Å²) < 4.78 is 21.3. The molecular formula is C36H34ClN3O5S. The number of allylic oxidation sites excluding steroid dienone is 1. The number of methoxy groups -OCH3 is 1. The Kier molecular flexibility index (Phi) is 8.88. The maximum absolute atomic E-state index is 14.3. The van der Waals surface area contributed by atoms with Crippen LogP contribution >= 0.6 is 22.9 Å². The minimum absolute atomic E-state index is 0.0632. The molecule has 3 heterocycles. The first-order chi connectivity index (χ1) is 22.2. The number of carbonyl (C=O) groups is 1. The number of fused-ring (bicyclic) bond motifs is 2. The topological polar surface area (TPSA) is 84.1 Å². The van der Waals surface area contributed by atoms with Gasteiger partial charge >= 0.3 is 5.97 Å². The van der Waals surface area contributed by atoms with Crippen molar-refractivity contribution >= 4 is 45.9 Å². The van der Waals surface area contributed by atoms with Crippen LogP contribution in [0.25, 0.3) is 17.0 Å². The molecule has 1 aliphatic rings. The Morgan fingerprint density at radius 2 is 1.85 bits per heavy atom. The summed E-state index contributed by atoms with van der Waals surface area (Å²) in [5, 5.41) is 1.71. The predicted molar refractivity (Wildman–Crippen MR) is 182 cm³/mol. The van der Waals surface area contributed by atoms with E-state index in [9.17, 15) is 9.59 Å². The highest BCUT2D eigenvalue weighted by atomic mass is 35.5. The first kappa shape index (κ1) is 31.4. The van der Waals surface area contributed by atoms with Gasteiger partial charge in [-0.15, -0.1) is 0 Å². The highest BCUT2D eigenvalue weighted by molar-refractivity contribution is 7.07. The van der Waals surface area contributed by atoms with Crippen LogP contribution in [0.2, 0.25) is 5.02 Å². The molecule has 46 heavy (non-hydrogen) atoms. The zero-order chi connectivity index (χ0) is 32.5. The fraction of sp³-hybridized carbons (Fsp3) is 0.250. The molecule has 0 amide bonds. The number of halogens is 1. The Labute approximate surface area is 275 Å². The molecule has 0 saturated heterocycles. The van der Waals surface area contributed by atoms with Crippen LogP contribution < -0.4 is 24.4 Å². The number of esters is 1. The number of aromatic nitrogens is 2. The first-order valence-corrected chi connectivity index (χ1v) is 16.2. The molecule has 0 spiro atoms. The van der Waals surface area contributed by atoms with E-state index in [2.05, 4.69) is 22.9 Å². The molecule has 0 aliphatic carbocycles. The fourth-order valence-electron chi connectivity index (χ4n) is 5.76. The van der Waals surface area contributed by atoms with E-state index in [0.29, 0.717) is 49.2 Å². The molecule has 0 N–H and O–H groups in total. The van der Waals surface area contributed by atoms with Crippen molar-refractivity contribution in [3.63, 3.8) is 0 Å². The van der Waals surface area contributed by atoms with Crippen molar-refractivity contribution in [1.82, 2.24) is 9.13 Å². The lowest BCUT2D eigenvalue weighted by molar-refractivity contribution is -0.139. The summed E-state index contributed by atoms with van der Waals surface area (Å²) in [6, 6.07) is 20.6. The lowest BCUT2D eigenvalue weighted by Crippen LogP contribution is -2.40. The molecule has 3 aromatic carbocycles. The van der Waals surface area contributed by atoms with Gasteiger partial charge in [0.25, 0.3) is 5.56 Å². The Morgan fingerprint density at radius 1 is 1.09 bits per heavy atom. The smallest absolute Gasteiger partial charge is 0.338 e. The quantitative estimate of drug-likeness (QED) is 0.175. The Bertz CT molecular complexity index is 2160. The summed E-state index contributed by atoms with van der Waals surface area (Å²) in [6.45, 7) is 8.23. The molecule has 0 fully saturated rings. The van der Waals surface area contributed by atoms with E-state index >= 15 is 0 Å². The lowest BCUT2D eigenvalue weighted by atomic mass is 9.95. The van der Waals surface area contributed by atoms with Crippen molar-refractivity contribution in [3.8, 4) is 11.5 Å². The number of rotatable bonds is 9. The molecule has 0 radical (unpaired) electrons. The fourth-order valence-corrected chi connectivity index (χ4v) is 6.92. The number of carbonyl (C=O) groups excluding carboxylic acids is 1. The van der Waals surface area contributed by atoms with Gasteiger partial charge in [-0.25, -0.2) is 9.79 Å². The standard InChI is InChI=1S/C36H34ClN3O5S/c1-6-44-35(42)32-22(4)38-36-40(33(32)24-13-16-29(45-21(2)3)30(17-24)43-5)34(41)31(46-36)18-25-20-39(28-10-8-7-9-27(25)28)19-23-11-14-26(37)15-12-23/h7-18,20-21,33H,6,19H2,1-5H3/b31-18+/t33-/m0/s1. The third kappa shape index (κ3) is 6.00. The van der Waals surface area contributed by atoms with Crippen molar-refractivity contribution in [2.75, 3.05) is 13.7 Å². The first-order valence-electron chi connectivity index (χ1n) is 15.0. The van der Waals surface area contributed by atoms with Crippen LogP contribution in [0.3, 0.4) is 0 Å². The minimum Gasteiger partial charge on any atom is -0.493 e. The van der Waals surface area contributed by atoms with Crippen LogP contribution in [0.4, 0.5) is 0 Å². The Hall–Kier alpha value is -4.60. The molecule has 1 aliphatic heterocycles. The summed E-state index contributed by atoms with van der Waals surface area (Å²) in [5.74, 6) is 0.552. The zero-order valence-electron chi connectivity index (χ0n) is 26.2. The Balaban J connectivity index is 1.51. The number of hydrogen-bond acceptors (Lipinski definition) is 7. The average molecular weight is 656 g/mol. The van der Waals surface area contributed by atoms with Crippen LogP contribution in [0, 0.1) is 0 Å². The van der Waals surface area contributed by atoms with E-state index in [4.69, 9.17) is 30.8 Å².